The summed E-state index contributed by atoms with van der Waals surface area (Å²) in [5.74, 6) is 2.31. The van der Waals surface area contributed by atoms with Crippen LogP contribution in [0.2, 0.25) is 0 Å². The number of terminal acetylenes is 1. The first kappa shape index (κ1) is 11.2. The van der Waals surface area contributed by atoms with Gasteiger partial charge < -0.3 is 5.32 Å². The molecule has 1 nitrogen and oxygen atoms in total. The molecule has 0 fully saturated rings. The maximum atomic E-state index is 12.8. The smallest absolute Gasteiger partial charge is 0.123 e. The van der Waals surface area contributed by atoms with Gasteiger partial charge in [0.25, 0.3) is 0 Å². The Morgan fingerprint density at radius 3 is 3.00 bits per heavy atom. The van der Waals surface area contributed by atoms with Crippen molar-refractivity contribution in [2.75, 3.05) is 6.54 Å². The van der Waals surface area contributed by atoms with Gasteiger partial charge in [0, 0.05) is 24.0 Å². The molecular weight excluding hydrogens is 245 g/mol. The normalized spacial score (nSPS) is 9.79. The van der Waals surface area contributed by atoms with E-state index in [2.05, 4.69) is 27.2 Å². The van der Waals surface area contributed by atoms with Crippen LogP contribution < -0.4 is 5.32 Å². The van der Waals surface area contributed by atoms with Crippen molar-refractivity contribution in [3.05, 3.63) is 34.1 Å². The summed E-state index contributed by atoms with van der Waals surface area (Å²) in [6.45, 7) is 1.37. The molecule has 1 aromatic rings. The van der Waals surface area contributed by atoms with E-state index in [9.17, 15) is 4.39 Å². The average Bonchev–Trinajstić information content (AvgIpc) is 2.18. The lowest BCUT2D eigenvalue weighted by Crippen LogP contribution is -2.14. The fourth-order valence-electron chi connectivity index (χ4n) is 1.06. The van der Waals surface area contributed by atoms with Crippen molar-refractivity contribution < 1.29 is 4.39 Å². The standard InChI is InChI=1S/C11H11BrFN/c1-2-3-6-14-8-9-7-10(13)4-5-11(9)12/h1,4-5,7,14H,3,6,8H2. The van der Waals surface area contributed by atoms with E-state index in [4.69, 9.17) is 6.42 Å². The Labute approximate surface area is 91.8 Å². The zero-order valence-corrected chi connectivity index (χ0v) is 9.27. The maximum absolute atomic E-state index is 12.8. The van der Waals surface area contributed by atoms with E-state index in [0.29, 0.717) is 13.0 Å². The molecule has 0 saturated heterocycles. The molecule has 74 valence electrons. The number of rotatable bonds is 4. The largest absolute Gasteiger partial charge is 0.312 e. The van der Waals surface area contributed by atoms with Gasteiger partial charge in [0.05, 0.1) is 0 Å². The molecule has 1 rings (SSSR count). The molecule has 14 heavy (non-hydrogen) atoms. The zero-order chi connectivity index (χ0) is 10.4. The number of halogens is 2. The Kier molecular flexibility index (Phi) is 4.64. The van der Waals surface area contributed by atoms with Crippen molar-refractivity contribution >= 4 is 15.9 Å². The molecule has 3 heteroatoms. The summed E-state index contributed by atoms with van der Waals surface area (Å²) in [6.07, 6.45) is 5.79. The quantitative estimate of drug-likeness (QED) is 0.645. The summed E-state index contributed by atoms with van der Waals surface area (Å²) < 4.78 is 13.8. The van der Waals surface area contributed by atoms with Crippen molar-refractivity contribution in [2.24, 2.45) is 0 Å². The summed E-state index contributed by atoms with van der Waals surface area (Å²) in [4.78, 5) is 0. The number of benzene rings is 1. The van der Waals surface area contributed by atoms with Crippen molar-refractivity contribution in [1.82, 2.24) is 5.32 Å². The van der Waals surface area contributed by atoms with Gasteiger partial charge in [-0.1, -0.05) is 15.9 Å². The van der Waals surface area contributed by atoms with Gasteiger partial charge in [0.15, 0.2) is 0 Å². The summed E-state index contributed by atoms with van der Waals surface area (Å²) in [5, 5.41) is 3.13. The molecule has 1 N–H and O–H groups in total. The molecule has 1 aromatic carbocycles. The van der Waals surface area contributed by atoms with Crippen LogP contribution in [0.4, 0.5) is 4.39 Å². The van der Waals surface area contributed by atoms with E-state index in [0.717, 1.165) is 16.6 Å². The van der Waals surface area contributed by atoms with E-state index in [-0.39, 0.29) is 5.82 Å². The molecule has 0 bridgehead atoms. The topological polar surface area (TPSA) is 12.0 Å². The van der Waals surface area contributed by atoms with Gasteiger partial charge >= 0.3 is 0 Å². The fraction of sp³-hybridized carbons (Fsp3) is 0.273. The SMILES string of the molecule is C#CCCNCc1cc(F)ccc1Br. The zero-order valence-electron chi connectivity index (χ0n) is 7.69. The molecule has 0 radical (unpaired) electrons. The van der Waals surface area contributed by atoms with E-state index >= 15 is 0 Å². The lowest BCUT2D eigenvalue weighted by atomic mass is 10.2. The van der Waals surface area contributed by atoms with Crippen LogP contribution in [0.15, 0.2) is 22.7 Å². The van der Waals surface area contributed by atoms with Crippen LogP contribution >= 0.6 is 15.9 Å². The third-order valence-corrected chi connectivity index (χ3v) is 2.54. The van der Waals surface area contributed by atoms with Crippen LogP contribution in [0.1, 0.15) is 12.0 Å². The van der Waals surface area contributed by atoms with Gasteiger partial charge in [-0.05, 0) is 23.8 Å². The molecule has 0 aliphatic rings. The van der Waals surface area contributed by atoms with Crippen LogP contribution in [-0.4, -0.2) is 6.54 Å². The number of nitrogens with one attached hydrogen (secondary N) is 1. The third kappa shape index (κ3) is 3.49. The van der Waals surface area contributed by atoms with Crippen molar-refractivity contribution in [1.29, 1.82) is 0 Å². The predicted molar refractivity (Wildman–Crippen MR) is 59.3 cm³/mol. The van der Waals surface area contributed by atoms with Crippen LogP contribution in [0, 0.1) is 18.2 Å². The minimum absolute atomic E-state index is 0.220. The van der Waals surface area contributed by atoms with Crippen LogP contribution in [0.3, 0.4) is 0 Å². The van der Waals surface area contributed by atoms with Crippen molar-refractivity contribution in [2.45, 2.75) is 13.0 Å². The predicted octanol–water partition coefficient (Wildman–Crippen LogP) is 2.70. The minimum Gasteiger partial charge on any atom is -0.312 e. The van der Waals surface area contributed by atoms with Crippen LogP contribution in [-0.2, 0) is 6.54 Å². The lowest BCUT2D eigenvalue weighted by molar-refractivity contribution is 0.620. The second kappa shape index (κ2) is 5.79. The highest BCUT2D eigenvalue weighted by Gasteiger charge is 2.00. The van der Waals surface area contributed by atoms with Gasteiger partial charge in [0.2, 0.25) is 0 Å². The molecule has 0 amide bonds. The second-order valence-electron chi connectivity index (χ2n) is 2.87. The molecule has 0 spiro atoms. The molecule has 0 aliphatic heterocycles. The fourth-order valence-corrected chi connectivity index (χ4v) is 1.45. The van der Waals surface area contributed by atoms with Gasteiger partial charge in [-0.3, -0.25) is 0 Å². The molecule has 0 atom stereocenters. The number of hydrogen-bond donors (Lipinski definition) is 1. The first-order valence-electron chi connectivity index (χ1n) is 4.32. The highest BCUT2D eigenvalue weighted by molar-refractivity contribution is 9.10. The molecule has 0 aromatic heterocycles. The Morgan fingerprint density at radius 1 is 1.50 bits per heavy atom. The molecule has 0 saturated carbocycles. The van der Waals surface area contributed by atoms with E-state index in [1.54, 1.807) is 6.07 Å². The maximum Gasteiger partial charge on any atom is 0.123 e. The van der Waals surface area contributed by atoms with Crippen LogP contribution in [0.25, 0.3) is 0 Å². The Bertz CT molecular complexity index is 344. The summed E-state index contributed by atoms with van der Waals surface area (Å²) in [7, 11) is 0. The van der Waals surface area contributed by atoms with E-state index < -0.39 is 0 Å². The van der Waals surface area contributed by atoms with Gasteiger partial charge in [0.1, 0.15) is 5.82 Å². The monoisotopic (exact) mass is 255 g/mol. The third-order valence-electron chi connectivity index (χ3n) is 1.77. The van der Waals surface area contributed by atoms with Gasteiger partial charge in [-0.2, -0.15) is 0 Å². The lowest BCUT2D eigenvalue weighted by Gasteiger charge is -2.05. The Morgan fingerprint density at radius 2 is 2.29 bits per heavy atom. The Balaban J connectivity index is 2.50. The molecule has 0 unspecified atom stereocenters. The Hall–Kier alpha value is -0.850. The average molecular weight is 256 g/mol. The second-order valence-corrected chi connectivity index (χ2v) is 3.72. The van der Waals surface area contributed by atoms with Crippen molar-refractivity contribution in [3.8, 4) is 12.3 Å². The van der Waals surface area contributed by atoms with Gasteiger partial charge in [-0.15, -0.1) is 12.3 Å². The van der Waals surface area contributed by atoms with Gasteiger partial charge in [-0.25, -0.2) is 4.39 Å². The molecule has 0 heterocycles. The summed E-state index contributed by atoms with van der Waals surface area (Å²) in [5.41, 5.74) is 0.905. The first-order valence-corrected chi connectivity index (χ1v) is 5.11. The van der Waals surface area contributed by atoms with E-state index in [1.165, 1.54) is 12.1 Å². The van der Waals surface area contributed by atoms with Crippen LogP contribution in [0.5, 0.6) is 0 Å². The first-order chi connectivity index (χ1) is 6.74. The highest BCUT2D eigenvalue weighted by atomic mass is 79.9. The minimum atomic E-state index is -0.220. The highest BCUT2D eigenvalue weighted by Crippen LogP contribution is 2.17. The summed E-state index contributed by atoms with van der Waals surface area (Å²) in [6, 6.07) is 4.63. The molecular formula is C11H11BrFN. The summed E-state index contributed by atoms with van der Waals surface area (Å²) >= 11 is 3.35. The van der Waals surface area contributed by atoms with Crippen molar-refractivity contribution in [3.63, 3.8) is 0 Å². The van der Waals surface area contributed by atoms with E-state index in [1.807, 2.05) is 0 Å². The number of hydrogen-bond acceptors (Lipinski definition) is 1. The molecule has 0 aliphatic carbocycles.